The number of aromatic nitrogens is 4. The molecule has 0 aliphatic carbocycles. The van der Waals surface area contributed by atoms with Gasteiger partial charge in [0.1, 0.15) is 0 Å². The van der Waals surface area contributed by atoms with Gasteiger partial charge in [0.15, 0.2) is 28.6 Å². The van der Waals surface area contributed by atoms with E-state index in [9.17, 15) is 9.59 Å². The van der Waals surface area contributed by atoms with Crippen LogP contribution >= 0.6 is 0 Å². The van der Waals surface area contributed by atoms with E-state index in [1.54, 1.807) is 18.5 Å². The van der Waals surface area contributed by atoms with Crippen LogP contribution in [0.2, 0.25) is 0 Å². The monoisotopic (exact) mass is 428 g/mol. The first-order valence-electron chi connectivity index (χ1n) is 10.3. The zero-order chi connectivity index (χ0) is 22.8. The second-order valence-corrected chi connectivity index (χ2v) is 7.83. The molecular formula is C24H24N6O2. The fraction of sp³-hybridized carbons (Fsp3) is 0.208. The van der Waals surface area contributed by atoms with Crippen molar-refractivity contribution in [3.8, 4) is 11.4 Å². The summed E-state index contributed by atoms with van der Waals surface area (Å²) < 4.78 is 1.99. The molecule has 0 saturated heterocycles. The SMILES string of the molecule is CC(=O)Nc1ccc(Nc2nc(-c3cccc(C(C)=O)c3)nc3c2ncn3C(C)C)cc1. The second kappa shape index (κ2) is 8.58. The zero-order valence-electron chi connectivity index (χ0n) is 18.4. The number of hydrogen-bond acceptors (Lipinski definition) is 6. The molecule has 0 aliphatic rings. The Bertz CT molecular complexity index is 1310. The maximum atomic E-state index is 11.9. The molecule has 162 valence electrons. The third-order valence-corrected chi connectivity index (χ3v) is 4.97. The van der Waals surface area contributed by atoms with Crippen molar-refractivity contribution in [2.45, 2.75) is 33.7 Å². The number of imidazole rings is 1. The summed E-state index contributed by atoms with van der Waals surface area (Å²) in [5.74, 6) is 0.919. The Morgan fingerprint density at radius 3 is 2.34 bits per heavy atom. The Balaban J connectivity index is 1.80. The normalized spacial score (nSPS) is 11.0. The number of nitrogens with zero attached hydrogens (tertiary/aromatic N) is 4. The highest BCUT2D eigenvalue weighted by Crippen LogP contribution is 2.29. The number of ketones is 1. The van der Waals surface area contributed by atoms with Gasteiger partial charge in [-0.15, -0.1) is 0 Å². The largest absolute Gasteiger partial charge is 0.338 e. The molecule has 0 atom stereocenters. The minimum atomic E-state index is -0.125. The average molecular weight is 428 g/mol. The van der Waals surface area contributed by atoms with Gasteiger partial charge in [-0.2, -0.15) is 0 Å². The van der Waals surface area contributed by atoms with Gasteiger partial charge in [-0.25, -0.2) is 15.0 Å². The van der Waals surface area contributed by atoms with Crippen molar-refractivity contribution in [3.63, 3.8) is 0 Å². The van der Waals surface area contributed by atoms with E-state index in [0.717, 1.165) is 11.3 Å². The van der Waals surface area contributed by atoms with E-state index in [1.807, 2.05) is 41.0 Å². The van der Waals surface area contributed by atoms with E-state index in [-0.39, 0.29) is 17.7 Å². The fourth-order valence-electron chi connectivity index (χ4n) is 3.36. The number of carbonyl (C=O) groups is 2. The predicted molar refractivity (Wildman–Crippen MR) is 125 cm³/mol. The van der Waals surface area contributed by atoms with Gasteiger partial charge < -0.3 is 15.2 Å². The average Bonchev–Trinajstić information content (AvgIpc) is 3.19. The topological polar surface area (TPSA) is 102 Å². The first-order chi connectivity index (χ1) is 15.3. The van der Waals surface area contributed by atoms with E-state index >= 15 is 0 Å². The molecule has 2 aromatic heterocycles. The van der Waals surface area contributed by atoms with Gasteiger partial charge in [0.05, 0.1) is 6.33 Å². The molecule has 0 spiro atoms. The second-order valence-electron chi connectivity index (χ2n) is 7.83. The van der Waals surface area contributed by atoms with Crippen LogP contribution in [-0.2, 0) is 4.79 Å². The molecule has 0 fully saturated rings. The van der Waals surface area contributed by atoms with Crippen LogP contribution in [0.25, 0.3) is 22.6 Å². The summed E-state index contributed by atoms with van der Waals surface area (Å²) in [6, 6.07) is 14.8. The van der Waals surface area contributed by atoms with Crippen LogP contribution in [0.3, 0.4) is 0 Å². The van der Waals surface area contributed by atoms with Gasteiger partial charge in [-0.3, -0.25) is 9.59 Å². The number of fused-ring (bicyclic) bond motifs is 1. The van der Waals surface area contributed by atoms with Crippen LogP contribution in [-0.4, -0.2) is 31.2 Å². The minimum Gasteiger partial charge on any atom is -0.338 e. The Labute approximate surface area is 185 Å². The molecule has 8 nitrogen and oxygen atoms in total. The molecule has 2 heterocycles. The van der Waals surface area contributed by atoms with E-state index in [1.165, 1.54) is 13.8 Å². The van der Waals surface area contributed by atoms with Crippen molar-refractivity contribution in [1.29, 1.82) is 0 Å². The number of rotatable bonds is 6. The van der Waals surface area contributed by atoms with Crippen molar-refractivity contribution in [2.24, 2.45) is 0 Å². The third kappa shape index (κ3) is 4.34. The number of Topliss-reactive ketones (excluding diaryl/α,β-unsaturated/α-hetero) is 1. The molecule has 8 heteroatoms. The standard InChI is InChI=1S/C24H24N6O2/c1-14(2)30-13-25-21-23(27-20-10-8-19(9-11-20)26-16(4)32)28-22(29-24(21)30)18-7-5-6-17(12-18)15(3)31/h5-14H,1-4H3,(H,26,32)(H,27,28,29). The highest BCUT2D eigenvalue weighted by molar-refractivity contribution is 5.95. The van der Waals surface area contributed by atoms with Crippen molar-refractivity contribution in [3.05, 3.63) is 60.4 Å². The van der Waals surface area contributed by atoms with Gasteiger partial charge >= 0.3 is 0 Å². The quantitative estimate of drug-likeness (QED) is 0.420. The molecule has 4 aromatic rings. The fourth-order valence-corrected chi connectivity index (χ4v) is 3.36. The Morgan fingerprint density at radius 2 is 1.69 bits per heavy atom. The molecule has 2 aromatic carbocycles. The summed E-state index contributed by atoms with van der Waals surface area (Å²) in [5.41, 5.74) is 4.21. The van der Waals surface area contributed by atoms with Crippen LogP contribution in [0.4, 0.5) is 17.2 Å². The molecule has 0 aliphatic heterocycles. The van der Waals surface area contributed by atoms with E-state index in [2.05, 4.69) is 29.5 Å². The molecule has 0 bridgehead atoms. The first-order valence-corrected chi connectivity index (χ1v) is 10.3. The number of hydrogen-bond donors (Lipinski definition) is 2. The van der Waals surface area contributed by atoms with E-state index in [0.29, 0.717) is 34.1 Å². The maximum absolute atomic E-state index is 11.9. The lowest BCUT2D eigenvalue weighted by Crippen LogP contribution is -2.06. The van der Waals surface area contributed by atoms with Gasteiger partial charge in [0, 0.05) is 35.5 Å². The molecule has 4 rings (SSSR count). The lowest BCUT2D eigenvalue weighted by atomic mass is 10.1. The van der Waals surface area contributed by atoms with Crippen LogP contribution in [0.15, 0.2) is 54.9 Å². The van der Waals surface area contributed by atoms with Crippen molar-refractivity contribution >= 4 is 40.0 Å². The van der Waals surface area contributed by atoms with Crippen molar-refractivity contribution < 1.29 is 9.59 Å². The first kappa shape index (κ1) is 21.2. The lowest BCUT2D eigenvalue weighted by Gasteiger charge is -2.12. The molecule has 2 N–H and O–H groups in total. The smallest absolute Gasteiger partial charge is 0.221 e. The Hall–Kier alpha value is -4.07. The van der Waals surface area contributed by atoms with Gasteiger partial charge in [-0.1, -0.05) is 18.2 Å². The van der Waals surface area contributed by atoms with Gasteiger partial charge in [-0.05, 0) is 51.1 Å². The molecule has 1 amide bonds. The van der Waals surface area contributed by atoms with Crippen LogP contribution in [0, 0.1) is 0 Å². The third-order valence-electron chi connectivity index (χ3n) is 4.97. The van der Waals surface area contributed by atoms with E-state index < -0.39 is 0 Å². The molecule has 0 unspecified atom stereocenters. The Kier molecular flexibility index (Phi) is 5.68. The Morgan fingerprint density at radius 1 is 0.969 bits per heavy atom. The maximum Gasteiger partial charge on any atom is 0.221 e. The van der Waals surface area contributed by atoms with Crippen LogP contribution in [0.5, 0.6) is 0 Å². The summed E-state index contributed by atoms with van der Waals surface area (Å²) in [6.45, 7) is 7.13. The molecular weight excluding hydrogens is 404 g/mol. The number of benzene rings is 2. The highest BCUT2D eigenvalue weighted by atomic mass is 16.1. The molecule has 0 radical (unpaired) electrons. The van der Waals surface area contributed by atoms with Crippen molar-refractivity contribution in [2.75, 3.05) is 10.6 Å². The minimum absolute atomic E-state index is 0.0160. The highest BCUT2D eigenvalue weighted by Gasteiger charge is 2.16. The number of amides is 1. The van der Waals surface area contributed by atoms with Crippen LogP contribution in [0.1, 0.15) is 44.1 Å². The summed E-state index contributed by atoms with van der Waals surface area (Å²) in [6.07, 6.45) is 1.75. The predicted octanol–water partition coefficient (Wildman–Crippen LogP) is 4.98. The molecule has 32 heavy (non-hydrogen) atoms. The summed E-state index contributed by atoms with van der Waals surface area (Å²) >= 11 is 0. The molecule has 0 saturated carbocycles. The lowest BCUT2D eigenvalue weighted by molar-refractivity contribution is -0.114. The van der Waals surface area contributed by atoms with E-state index in [4.69, 9.17) is 9.97 Å². The number of nitrogens with one attached hydrogen (secondary N) is 2. The number of carbonyl (C=O) groups excluding carboxylic acids is 2. The van der Waals surface area contributed by atoms with Gasteiger partial charge in [0.25, 0.3) is 0 Å². The zero-order valence-corrected chi connectivity index (χ0v) is 18.4. The summed E-state index contributed by atoms with van der Waals surface area (Å²) in [4.78, 5) is 37.1. The number of anilines is 3. The summed E-state index contributed by atoms with van der Waals surface area (Å²) in [7, 11) is 0. The van der Waals surface area contributed by atoms with Gasteiger partial charge in [0.2, 0.25) is 5.91 Å². The van der Waals surface area contributed by atoms with Crippen molar-refractivity contribution in [1.82, 2.24) is 19.5 Å². The summed E-state index contributed by atoms with van der Waals surface area (Å²) in [5, 5.41) is 6.07. The van der Waals surface area contributed by atoms with Crippen LogP contribution < -0.4 is 10.6 Å².